The molecule has 1 aromatic heterocycles. The van der Waals surface area contributed by atoms with Crippen LogP contribution in [-0.2, 0) is 13.1 Å². The molecule has 0 unspecified atom stereocenters. The van der Waals surface area contributed by atoms with E-state index in [9.17, 15) is 8.78 Å². The number of guanidine groups is 1. The zero-order valence-corrected chi connectivity index (χ0v) is 17.7. The largest absolute Gasteiger partial charge is 0.481 e. The van der Waals surface area contributed by atoms with Crippen molar-refractivity contribution in [1.29, 1.82) is 0 Å². The summed E-state index contributed by atoms with van der Waals surface area (Å²) in [5.41, 5.74) is 2.44. The van der Waals surface area contributed by atoms with Crippen LogP contribution in [0.15, 0.2) is 41.5 Å². The van der Waals surface area contributed by atoms with Crippen LogP contribution in [0.3, 0.4) is 0 Å². The van der Waals surface area contributed by atoms with Crippen molar-refractivity contribution in [3.8, 4) is 11.6 Å². The minimum Gasteiger partial charge on any atom is -0.481 e. The van der Waals surface area contributed by atoms with Gasteiger partial charge in [-0.25, -0.2) is 4.98 Å². The van der Waals surface area contributed by atoms with Crippen molar-refractivity contribution in [2.45, 2.75) is 26.6 Å². The van der Waals surface area contributed by atoms with Gasteiger partial charge in [-0.3, -0.25) is 4.99 Å². The van der Waals surface area contributed by atoms with Crippen LogP contribution in [0.1, 0.15) is 16.7 Å². The number of benzene rings is 1. The van der Waals surface area contributed by atoms with Gasteiger partial charge in [-0.1, -0.05) is 23.8 Å². The van der Waals surface area contributed by atoms with Gasteiger partial charge >= 0.3 is 6.61 Å². The highest BCUT2D eigenvalue weighted by Crippen LogP contribution is 2.22. The lowest BCUT2D eigenvalue weighted by atomic mass is 10.1. The van der Waals surface area contributed by atoms with Crippen molar-refractivity contribution >= 4 is 29.9 Å². The molecule has 0 saturated heterocycles. The van der Waals surface area contributed by atoms with E-state index in [1.165, 1.54) is 6.07 Å². The van der Waals surface area contributed by atoms with Gasteiger partial charge in [-0.15, -0.1) is 24.0 Å². The summed E-state index contributed by atoms with van der Waals surface area (Å²) in [6.45, 7) is -0.248. The van der Waals surface area contributed by atoms with Crippen molar-refractivity contribution in [3.05, 3.63) is 53.2 Å². The molecule has 0 aliphatic rings. The third-order valence-corrected chi connectivity index (χ3v) is 3.59. The molecule has 0 fully saturated rings. The Morgan fingerprint density at radius 2 is 1.89 bits per heavy atom. The van der Waals surface area contributed by atoms with Gasteiger partial charge in [0.15, 0.2) is 5.96 Å². The maximum absolute atomic E-state index is 12.5. The van der Waals surface area contributed by atoms with Crippen LogP contribution in [-0.4, -0.2) is 31.7 Å². The number of halogens is 3. The van der Waals surface area contributed by atoms with Crippen molar-refractivity contribution in [1.82, 2.24) is 15.6 Å². The van der Waals surface area contributed by atoms with E-state index in [2.05, 4.69) is 25.3 Å². The Bertz CT molecular complexity index is 760. The van der Waals surface area contributed by atoms with Gasteiger partial charge in [0.1, 0.15) is 5.75 Å². The number of aryl methyl sites for hydroxylation is 1. The summed E-state index contributed by atoms with van der Waals surface area (Å²) in [6.07, 6.45) is 1.65. The van der Waals surface area contributed by atoms with Crippen LogP contribution in [0.4, 0.5) is 8.78 Å². The van der Waals surface area contributed by atoms with Crippen molar-refractivity contribution < 1.29 is 18.3 Å². The number of aromatic nitrogens is 1. The first-order chi connectivity index (χ1) is 12.5. The Labute approximate surface area is 174 Å². The Balaban J connectivity index is 0.00000364. The van der Waals surface area contributed by atoms with Crippen LogP contribution >= 0.6 is 24.0 Å². The number of methoxy groups -OCH3 is 1. The Morgan fingerprint density at radius 1 is 1.19 bits per heavy atom. The molecule has 0 spiro atoms. The molecule has 2 aromatic rings. The number of alkyl halides is 2. The first-order valence-electron chi connectivity index (χ1n) is 8.00. The Kier molecular flexibility index (Phi) is 9.76. The zero-order chi connectivity index (χ0) is 18.9. The number of pyridine rings is 1. The van der Waals surface area contributed by atoms with E-state index in [0.717, 1.165) is 11.1 Å². The molecule has 0 aliphatic heterocycles. The number of hydrogen-bond acceptors (Lipinski definition) is 4. The van der Waals surface area contributed by atoms with Gasteiger partial charge in [0, 0.05) is 37.5 Å². The van der Waals surface area contributed by atoms with Crippen LogP contribution < -0.4 is 20.1 Å². The first kappa shape index (κ1) is 22.9. The number of ether oxygens (including phenoxy) is 2. The molecular weight excluding hydrogens is 469 g/mol. The fourth-order valence-corrected chi connectivity index (χ4v) is 2.38. The van der Waals surface area contributed by atoms with Crippen LogP contribution in [0.25, 0.3) is 0 Å². The van der Waals surface area contributed by atoms with Gasteiger partial charge < -0.3 is 20.1 Å². The molecule has 9 heteroatoms. The Hall–Kier alpha value is -2.17. The van der Waals surface area contributed by atoms with E-state index < -0.39 is 6.61 Å². The van der Waals surface area contributed by atoms with E-state index in [1.54, 1.807) is 32.5 Å². The second-order valence-corrected chi connectivity index (χ2v) is 5.44. The lowest BCUT2D eigenvalue weighted by Crippen LogP contribution is -2.36. The SMILES string of the molecule is CN=C(NCc1cc(C)ccc1OC(F)F)NCc1cccnc1OC.I. The normalized spacial score (nSPS) is 11.0. The lowest BCUT2D eigenvalue weighted by Gasteiger charge is -2.15. The average molecular weight is 492 g/mol. The molecule has 2 rings (SSSR count). The summed E-state index contributed by atoms with van der Waals surface area (Å²) in [6, 6.07) is 8.76. The van der Waals surface area contributed by atoms with Gasteiger partial charge in [0.05, 0.1) is 7.11 Å². The maximum atomic E-state index is 12.5. The van der Waals surface area contributed by atoms with E-state index in [1.807, 2.05) is 19.1 Å². The molecule has 0 bridgehead atoms. The summed E-state index contributed by atoms with van der Waals surface area (Å²) >= 11 is 0. The van der Waals surface area contributed by atoms with Crippen LogP contribution in [0, 0.1) is 6.92 Å². The van der Waals surface area contributed by atoms with E-state index in [4.69, 9.17) is 4.74 Å². The number of nitrogens with one attached hydrogen (secondary N) is 2. The standard InChI is InChI=1S/C18H22F2N4O2.HI/c1-12-6-7-15(26-17(19)20)14(9-12)11-24-18(21-2)23-10-13-5-4-8-22-16(13)25-3;/h4-9,17H,10-11H2,1-3H3,(H2,21,23,24);1H. The second kappa shape index (κ2) is 11.5. The maximum Gasteiger partial charge on any atom is 0.387 e. The summed E-state index contributed by atoms with van der Waals surface area (Å²) in [4.78, 5) is 8.26. The molecule has 2 N–H and O–H groups in total. The van der Waals surface area contributed by atoms with Crippen molar-refractivity contribution in [2.75, 3.05) is 14.2 Å². The Morgan fingerprint density at radius 3 is 2.52 bits per heavy atom. The molecule has 148 valence electrons. The van der Waals surface area contributed by atoms with E-state index in [0.29, 0.717) is 23.9 Å². The highest BCUT2D eigenvalue weighted by molar-refractivity contribution is 14.0. The van der Waals surface area contributed by atoms with Gasteiger partial charge in [-0.05, 0) is 19.1 Å². The van der Waals surface area contributed by atoms with Crippen LogP contribution in [0.5, 0.6) is 11.6 Å². The third kappa shape index (κ3) is 7.16. The fraction of sp³-hybridized carbons (Fsp3) is 0.333. The highest BCUT2D eigenvalue weighted by atomic mass is 127. The highest BCUT2D eigenvalue weighted by Gasteiger charge is 2.11. The summed E-state index contributed by atoms with van der Waals surface area (Å²) in [7, 11) is 3.18. The molecule has 0 amide bonds. The minimum atomic E-state index is -2.87. The molecule has 0 saturated carbocycles. The summed E-state index contributed by atoms with van der Waals surface area (Å²) < 4.78 is 34.9. The van der Waals surface area contributed by atoms with Gasteiger partial charge in [0.25, 0.3) is 0 Å². The van der Waals surface area contributed by atoms with Gasteiger partial charge in [0.2, 0.25) is 5.88 Å². The molecule has 0 atom stereocenters. The fourth-order valence-electron chi connectivity index (χ4n) is 2.38. The second-order valence-electron chi connectivity index (χ2n) is 5.44. The first-order valence-corrected chi connectivity index (χ1v) is 8.00. The topological polar surface area (TPSA) is 67.8 Å². The molecular formula is C18H23F2IN4O2. The smallest absolute Gasteiger partial charge is 0.387 e. The van der Waals surface area contributed by atoms with Crippen molar-refractivity contribution in [3.63, 3.8) is 0 Å². The molecule has 1 heterocycles. The molecule has 0 aliphatic carbocycles. The molecule has 27 heavy (non-hydrogen) atoms. The monoisotopic (exact) mass is 492 g/mol. The quantitative estimate of drug-likeness (QED) is 0.352. The summed E-state index contributed by atoms with van der Waals surface area (Å²) in [5.74, 6) is 1.18. The number of nitrogens with zero attached hydrogens (tertiary/aromatic N) is 2. The van der Waals surface area contributed by atoms with Crippen molar-refractivity contribution in [2.24, 2.45) is 4.99 Å². The lowest BCUT2D eigenvalue weighted by molar-refractivity contribution is -0.0504. The minimum absolute atomic E-state index is 0. The predicted molar refractivity (Wildman–Crippen MR) is 111 cm³/mol. The predicted octanol–water partition coefficient (Wildman–Crippen LogP) is 3.48. The third-order valence-electron chi connectivity index (χ3n) is 3.59. The number of rotatable bonds is 7. The van der Waals surface area contributed by atoms with E-state index in [-0.39, 0.29) is 36.3 Å². The average Bonchev–Trinajstić information content (AvgIpc) is 2.63. The number of aliphatic imine (C=N–C) groups is 1. The molecule has 0 radical (unpaired) electrons. The molecule has 6 nitrogen and oxygen atoms in total. The molecule has 1 aromatic carbocycles. The van der Waals surface area contributed by atoms with Crippen LogP contribution in [0.2, 0.25) is 0 Å². The summed E-state index contributed by atoms with van der Waals surface area (Å²) in [5, 5.41) is 6.22. The van der Waals surface area contributed by atoms with Gasteiger partial charge in [-0.2, -0.15) is 8.78 Å². The zero-order valence-electron chi connectivity index (χ0n) is 15.3. The number of hydrogen-bond donors (Lipinski definition) is 2. The van der Waals surface area contributed by atoms with E-state index >= 15 is 0 Å².